The number of carbonyl (C=O) groups is 1. The zero-order chi connectivity index (χ0) is 15.3. The lowest BCUT2D eigenvalue weighted by Crippen LogP contribution is -2.54. The molecule has 116 valence electrons. The fraction of sp³-hybridized carbons (Fsp3) is 0.867. The molecule has 0 heterocycles. The summed E-state index contributed by atoms with van der Waals surface area (Å²) in [5.74, 6) is 0.502. The Labute approximate surface area is 122 Å². The van der Waals surface area contributed by atoms with Gasteiger partial charge in [0.15, 0.2) is 5.84 Å². The maximum Gasteiger partial charge on any atom is 0.236 e. The first-order valence-corrected chi connectivity index (χ1v) is 7.64. The van der Waals surface area contributed by atoms with Crippen LogP contribution in [-0.2, 0) is 4.79 Å². The van der Waals surface area contributed by atoms with Gasteiger partial charge in [-0.1, -0.05) is 38.3 Å². The summed E-state index contributed by atoms with van der Waals surface area (Å²) in [5, 5.41) is 12.3. The van der Waals surface area contributed by atoms with Crippen LogP contribution in [-0.4, -0.2) is 34.4 Å². The highest BCUT2D eigenvalue weighted by Crippen LogP contribution is 2.39. The Balaban J connectivity index is 3.08. The summed E-state index contributed by atoms with van der Waals surface area (Å²) >= 11 is 0. The molecule has 3 N–H and O–H groups in total. The monoisotopic (exact) mass is 283 g/mol. The third kappa shape index (κ3) is 3.44. The summed E-state index contributed by atoms with van der Waals surface area (Å²) in [4.78, 5) is 14.9. The average Bonchev–Trinajstić information content (AvgIpc) is 2.43. The summed E-state index contributed by atoms with van der Waals surface area (Å²) in [6.07, 6.45) is 4.39. The number of rotatable bonds is 5. The van der Waals surface area contributed by atoms with Crippen LogP contribution in [0.15, 0.2) is 5.16 Å². The van der Waals surface area contributed by atoms with Crippen molar-refractivity contribution >= 4 is 11.7 Å². The molecule has 1 amide bonds. The first-order chi connectivity index (χ1) is 9.35. The van der Waals surface area contributed by atoms with Gasteiger partial charge in [0.1, 0.15) is 5.41 Å². The van der Waals surface area contributed by atoms with E-state index in [1.165, 1.54) is 0 Å². The summed E-state index contributed by atoms with van der Waals surface area (Å²) in [5.41, 5.74) is 5.11. The molecule has 1 aliphatic carbocycles. The van der Waals surface area contributed by atoms with Crippen molar-refractivity contribution in [2.75, 3.05) is 6.54 Å². The van der Waals surface area contributed by atoms with Crippen LogP contribution in [0.5, 0.6) is 0 Å². The number of hydrogen-bond acceptors (Lipinski definition) is 3. The van der Waals surface area contributed by atoms with Gasteiger partial charge in [-0.3, -0.25) is 4.79 Å². The molecular formula is C15H29N3O2. The van der Waals surface area contributed by atoms with E-state index in [9.17, 15) is 4.79 Å². The highest BCUT2D eigenvalue weighted by Gasteiger charge is 2.46. The number of nitrogens with two attached hydrogens (primary N) is 1. The molecule has 0 atom stereocenters. The van der Waals surface area contributed by atoms with E-state index in [0.717, 1.165) is 19.3 Å². The Bertz CT molecular complexity index is 358. The highest BCUT2D eigenvalue weighted by molar-refractivity contribution is 6.06. The number of hydrogen-bond donors (Lipinski definition) is 2. The zero-order valence-corrected chi connectivity index (χ0v) is 13.2. The van der Waals surface area contributed by atoms with E-state index >= 15 is 0 Å². The third-order valence-electron chi connectivity index (χ3n) is 4.16. The van der Waals surface area contributed by atoms with Gasteiger partial charge < -0.3 is 15.8 Å². The lowest BCUT2D eigenvalue weighted by atomic mass is 9.71. The third-order valence-corrected chi connectivity index (χ3v) is 4.16. The van der Waals surface area contributed by atoms with Crippen LogP contribution < -0.4 is 5.73 Å². The van der Waals surface area contributed by atoms with Crippen LogP contribution in [0.25, 0.3) is 0 Å². The van der Waals surface area contributed by atoms with Crippen molar-refractivity contribution in [1.29, 1.82) is 0 Å². The Kier molecular flexibility index (Phi) is 5.84. The van der Waals surface area contributed by atoms with E-state index < -0.39 is 5.41 Å². The smallest absolute Gasteiger partial charge is 0.236 e. The lowest BCUT2D eigenvalue weighted by molar-refractivity contribution is -0.142. The second-order valence-corrected chi connectivity index (χ2v) is 6.57. The summed E-state index contributed by atoms with van der Waals surface area (Å²) in [6.45, 7) is 8.93. The number of amidine groups is 1. The molecule has 0 radical (unpaired) electrons. The Hall–Kier alpha value is -1.26. The van der Waals surface area contributed by atoms with E-state index in [2.05, 4.69) is 19.0 Å². The van der Waals surface area contributed by atoms with E-state index in [0.29, 0.717) is 25.3 Å². The maximum absolute atomic E-state index is 13.1. The molecule has 5 heteroatoms. The molecule has 20 heavy (non-hydrogen) atoms. The zero-order valence-electron chi connectivity index (χ0n) is 13.2. The molecule has 0 spiro atoms. The van der Waals surface area contributed by atoms with E-state index in [4.69, 9.17) is 10.9 Å². The fourth-order valence-electron chi connectivity index (χ4n) is 3.03. The van der Waals surface area contributed by atoms with Crippen LogP contribution in [0.2, 0.25) is 0 Å². The van der Waals surface area contributed by atoms with Gasteiger partial charge in [0.2, 0.25) is 5.91 Å². The molecule has 0 aromatic rings. The quantitative estimate of drug-likeness (QED) is 0.352. The molecule has 1 fully saturated rings. The SMILES string of the molecule is CC(C)CN(C(=O)C1(C(N)=NO)CCCCC1)C(C)C. The predicted molar refractivity (Wildman–Crippen MR) is 80.6 cm³/mol. The van der Waals surface area contributed by atoms with Gasteiger partial charge in [0.05, 0.1) is 0 Å². The molecule has 0 saturated heterocycles. The van der Waals surface area contributed by atoms with Crippen molar-refractivity contribution in [1.82, 2.24) is 4.90 Å². The van der Waals surface area contributed by atoms with E-state index in [1.54, 1.807) is 0 Å². The Morgan fingerprint density at radius 1 is 1.25 bits per heavy atom. The van der Waals surface area contributed by atoms with Crippen LogP contribution in [0.4, 0.5) is 0 Å². The Morgan fingerprint density at radius 2 is 1.80 bits per heavy atom. The van der Waals surface area contributed by atoms with Gasteiger partial charge in [-0.2, -0.15) is 0 Å². The molecule has 5 nitrogen and oxygen atoms in total. The average molecular weight is 283 g/mol. The molecule has 1 aliphatic rings. The minimum atomic E-state index is -0.799. The molecule has 0 aliphatic heterocycles. The van der Waals surface area contributed by atoms with Crippen molar-refractivity contribution < 1.29 is 10.0 Å². The van der Waals surface area contributed by atoms with Gasteiger partial charge in [-0.05, 0) is 32.6 Å². The van der Waals surface area contributed by atoms with Crippen LogP contribution in [0, 0.1) is 11.3 Å². The van der Waals surface area contributed by atoms with Gasteiger partial charge in [-0.25, -0.2) is 0 Å². The molecule has 0 bridgehead atoms. The van der Waals surface area contributed by atoms with Gasteiger partial charge in [-0.15, -0.1) is 0 Å². The summed E-state index contributed by atoms with van der Waals surface area (Å²) < 4.78 is 0. The number of oxime groups is 1. The minimum Gasteiger partial charge on any atom is -0.409 e. The number of carbonyl (C=O) groups excluding carboxylic acids is 1. The summed E-state index contributed by atoms with van der Waals surface area (Å²) in [6, 6.07) is 0.121. The van der Waals surface area contributed by atoms with Gasteiger partial charge in [0.25, 0.3) is 0 Å². The van der Waals surface area contributed by atoms with Crippen molar-refractivity contribution in [3.05, 3.63) is 0 Å². The van der Waals surface area contributed by atoms with Gasteiger partial charge in [0, 0.05) is 12.6 Å². The van der Waals surface area contributed by atoms with Crippen molar-refractivity contribution in [3.8, 4) is 0 Å². The summed E-state index contributed by atoms with van der Waals surface area (Å²) in [7, 11) is 0. The highest BCUT2D eigenvalue weighted by atomic mass is 16.4. The van der Waals surface area contributed by atoms with E-state index in [-0.39, 0.29) is 17.8 Å². The fourth-order valence-corrected chi connectivity index (χ4v) is 3.03. The predicted octanol–water partition coefficient (Wildman–Crippen LogP) is 2.58. The van der Waals surface area contributed by atoms with Crippen LogP contribution in [0.1, 0.15) is 59.8 Å². The molecule has 0 aromatic carbocycles. The first-order valence-electron chi connectivity index (χ1n) is 7.64. The topological polar surface area (TPSA) is 78.9 Å². The largest absolute Gasteiger partial charge is 0.409 e. The first kappa shape index (κ1) is 16.8. The molecule has 0 unspecified atom stereocenters. The second kappa shape index (κ2) is 6.95. The van der Waals surface area contributed by atoms with Crippen LogP contribution in [0.3, 0.4) is 0 Å². The second-order valence-electron chi connectivity index (χ2n) is 6.57. The molecule has 1 saturated carbocycles. The molecule has 1 rings (SSSR count). The molecular weight excluding hydrogens is 254 g/mol. The van der Waals surface area contributed by atoms with Crippen molar-refractivity contribution in [2.24, 2.45) is 22.2 Å². The number of nitrogens with zero attached hydrogens (tertiary/aromatic N) is 2. The normalized spacial score (nSPS) is 19.4. The van der Waals surface area contributed by atoms with Gasteiger partial charge >= 0.3 is 0 Å². The minimum absolute atomic E-state index is 0.0243. The van der Waals surface area contributed by atoms with Crippen LogP contribution >= 0.6 is 0 Å². The lowest BCUT2D eigenvalue weighted by Gasteiger charge is -2.41. The standard InChI is InChI=1S/C15H29N3O2/c1-11(2)10-18(12(3)4)14(19)15(13(16)17-20)8-6-5-7-9-15/h11-12,20H,5-10H2,1-4H3,(H2,16,17). The van der Waals surface area contributed by atoms with E-state index in [1.807, 2.05) is 18.7 Å². The van der Waals surface area contributed by atoms with Crippen molar-refractivity contribution in [2.45, 2.75) is 65.8 Å². The number of amides is 1. The Morgan fingerprint density at radius 3 is 2.20 bits per heavy atom. The van der Waals surface area contributed by atoms with Crippen molar-refractivity contribution in [3.63, 3.8) is 0 Å². The molecule has 0 aromatic heterocycles. The maximum atomic E-state index is 13.1.